The Balaban J connectivity index is 1.67. The van der Waals surface area contributed by atoms with Crippen molar-refractivity contribution in [2.24, 2.45) is 4.99 Å². The van der Waals surface area contributed by atoms with E-state index < -0.39 is 0 Å². The van der Waals surface area contributed by atoms with Crippen LogP contribution in [0.1, 0.15) is 5.56 Å². The number of rotatable bonds is 5. The molecule has 4 rings (SSSR count). The highest BCUT2D eigenvalue weighted by Gasteiger charge is 2.17. The topological polar surface area (TPSA) is 75.4 Å². The molecular weight excluding hydrogens is 372 g/mol. The summed E-state index contributed by atoms with van der Waals surface area (Å²) in [5.41, 5.74) is 3.94. The number of amides is 1. The number of carbonyl (C=O) groups excluding carboxylic acids is 1. The number of carbonyl (C=O) groups is 1. The van der Waals surface area contributed by atoms with Gasteiger partial charge in [0.25, 0.3) is 0 Å². The van der Waals surface area contributed by atoms with Gasteiger partial charge in [0, 0.05) is 44.0 Å². The van der Waals surface area contributed by atoms with Crippen LogP contribution in [0.2, 0.25) is 0 Å². The normalized spacial score (nSPS) is 15.6. The molecule has 8 heteroatoms. The molecule has 2 aromatic heterocycles. The van der Waals surface area contributed by atoms with Crippen molar-refractivity contribution in [3.05, 3.63) is 58.6 Å². The first-order valence-corrected chi connectivity index (χ1v) is 10.1. The molecule has 144 valence electrons. The monoisotopic (exact) mass is 394 g/mol. The van der Waals surface area contributed by atoms with Crippen molar-refractivity contribution >= 4 is 22.9 Å². The summed E-state index contributed by atoms with van der Waals surface area (Å²) in [5.74, 6) is 0.0836. The van der Waals surface area contributed by atoms with E-state index in [4.69, 9.17) is 4.99 Å². The second-order valence-corrected chi connectivity index (χ2v) is 7.56. The molecule has 1 N–H and O–H groups in total. The van der Waals surface area contributed by atoms with Crippen molar-refractivity contribution in [2.45, 2.75) is 13.5 Å². The first-order valence-electron chi connectivity index (χ1n) is 9.24. The first-order chi connectivity index (χ1) is 13.7. The van der Waals surface area contributed by atoms with Gasteiger partial charge >= 0.3 is 0 Å². The molecule has 1 amide bonds. The van der Waals surface area contributed by atoms with Gasteiger partial charge in [-0.05, 0) is 19.1 Å². The van der Waals surface area contributed by atoms with Crippen LogP contribution in [0, 0.1) is 6.92 Å². The molecule has 1 fully saturated rings. The molecule has 3 heterocycles. The van der Waals surface area contributed by atoms with Gasteiger partial charge in [-0.3, -0.25) is 19.7 Å². The van der Waals surface area contributed by atoms with Crippen molar-refractivity contribution in [2.75, 3.05) is 26.2 Å². The van der Waals surface area contributed by atoms with Crippen molar-refractivity contribution < 1.29 is 4.79 Å². The molecule has 7 nitrogen and oxygen atoms in total. The third-order valence-corrected chi connectivity index (χ3v) is 5.50. The van der Waals surface area contributed by atoms with Crippen molar-refractivity contribution in [3.8, 4) is 11.4 Å². The second-order valence-electron chi connectivity index (χ2n) is 6.72. The van der Waals surface area contributed by atoms with E-state index in [1.54, 1.807) is 29.9 Å². The molecule has 1 aliphatic heterocycles. The number of benzene rings is 1. The van der Waals surface area contributed by atoms with Crippen molar-refractivity contribution in [3.63, 3.8) is 0 Å². The fourth-order valence-electron chi connectivity index (χ4n) is 3.13. The SMILES string of the molecule is Cc1ccc(N=c2scc(-c3cnccn3)n2CCN2CCNC(=O)C2)cc1. The minimum atomic E-state index is 0.0836. The van der Waals surface area contributed by atoms with Crippen LogP contribution in [0.15, 0.2) is 53.2 Å². The largest absolute Gasteiger partial charge is 0.354 e. The minimum Gasteiger partial charge on any atom is -0.354 e. The Labute approximate surface area is 167 Å². The molecule has 0 saturated carbocycles. The molecular formula is C20H22N6OS. The predicted molar refractivity (Wildman–Crippen MR) is 109 cm³/mol. The summed E-state index contributed by atoms with van der Waals surface area (Å²) in [5, 5.41) is 4.94. The van der Waals surface area contributed by atoms with Crippen LogP contribution < -0.4 is 10.1 Å². The van der Waals surface area contributed by atoms with Crippen LogP contribution >= 0.6 is 11.3 Å². The quantitative estimate of drug-likeness (QED) is 0.718. The number of thiazole rings is 1. The van der Waals surface area contributed by atoms with Gasteiger partial charge < -0.3 is 9.88 Å². The summed E-state index contributed by atoms with van der Waals surface area (Å²) in [4.78, 5) is 28.2. The average molecular weight is 395 g/mol. The van der Waals surface area contributed by atoms with Gasteiger partial charge in [-0.15, -0.1) is 11.3 Å². The molecule has 0 radical (unpaired) electrons. The number of hydrogen-bond donors (Lipinski definition) is 1. The second kappa shape index (κ2) is 8.45. The van der Waals surface area contributed by atoms with E-state index in [9.17, 15) is 4.79 Å². The Hall–Kier alpha value is -2.84. The molecule has 0 unspecified atom stereocenters. The van der Waals surface area contributed by atoms with Gasteiger partial charge in [-0.25, -0.2) is 4.99 Å². The number of nitrogens with one attached hydrogen (secondary N) is 1. The van der Waals surface area contributed by atoms with E-state index in [1.807, 2.05) is 12.1 Å². The Morgan fingerprint density at radius 3 is 2.82 bits per heavy atom. The lowest BCUT2D eigenvalue weighted by molar-refractivity contribution is -0.124. The molecule has 1 aromatic carbocycles. The maximum atomic E-state index is 11.7. The lowest BCUT2D eigenvalue weighted by Gasteiger charge is -2.26. The number of nitrogens with zero attached hydrogens (tertiary/aromatic N) is 5. The summed E-state index contributed by atoms with van der Waals surface area (Å²) in [6.07, 6.45) is 5.13. The van der Waals surface area contributed by atoms with Gasteiger partial charge in [0.1, 0.15) is 5.69 Å². The zero-order valence-corrected chi connectivity index (χ0v) is 16.5. The highest BCUT2D eigenvalue weighted by molar-refractivity contribution is 7.07. The molecule has 0 bridgehead atoms. The zero-order chi connectivity index (χ0) is 19.3. The van der Waals surface area contributed by atoms with Crippen molar-refractivity contribution in [1.82, 2.24) is 24.8 Å². The van der Waals surface area contributed by atoms with Crippen LogP contribution in [0.3, 0.4) is 0 Å². The van der Waals surface area contributed by atoms with Gasteiger partial charge in [-0.2, -0.15) is 0 Å². The van der Waals surface area contributed by atoms with Gasteiger partial charge in [0.05, 0.1) is 24.1 Å². The molecule has 0 aliphatic carbocycles. The number of aryl methyl sites for hydroxylation is 1. The standard InChI is InChI=1S/C20H22N6OS/c1-15-2-4-16(5-3-15)24-20-26(11-10-25-9-8-23-19(27)13-25)18(14-28-20)17-12-21-6-7-22-17/h2-7,12,14H,8-11,13H2,1H3,(H,23,27). The van der Waals surface area contributed by atoms with Crippen LogP contribution in [-0.4, -0.2) is 51.5 Å². The van der Waals surface area contributed by atoms with E-state index in [0.29, 0.717) is 13.1 Å². The molecule has 0 spiro atoms. The molecule has 1 saturated heterocycles. The van der Waals surface area contributed by atoms with E-state index in [0.717, 1.165) is 41.5 Å². The van der Waals surface area contributed by atoms with Crippen LogP contribution in [0.4, 0.5) is 5.69 Å². The summed E-state index contributed by atoms with van der Waals surface area (Å²) in [6.45, 7) is 5.57. The van der Waals surface area contributed by atoms with E-state index in [-0.39, 0.29) is 5.91 Å². The van der Waals surface area contributed by atoms with Gasteiger partial charge in [0.2, 0.25) is 5.91 Å². The molecule has 28 heavy (non-hydrogen) atoms. The molecule has 1 aliphatic rings. The van der Waals surface area contributed by atoms with Crippen LogP contribution in [0.5, 0.6) is 0 Å². The smallest absolute Gasteiger partial charge is 0.234 e. The molecule has 0 atom stereocenters. The van der Waals surface area contributed by atoms with Crippen molar-refractivity contribution in [1.29, 1.82) is 0 Å². The fourth-order valence-corrected chi connectivity index (χ4v) is 4.07. The Morgan fingerprint density at radius 1 is 1.21 bits per heavy atom. The summed E-state index contributed by atoms with van der Waals surface area (Å²) in [7, 11) is 0. The number of hydrogen-bond acceptors (Lipinski definition) is 6. The number of piperazine rings is 1. The predicted octanol–water partition coefficient (Wildman–Crippen LogP) is 1.98. The highest BCUT2D eigenvalue weighted by atomic mass is 32.1. The average Bonchev–Trinajstić information content (AvgIpc) is 3.11. The van der Waals surface area contributed by atoms with E-state index in [2.05, 4.69) is 49.2 Å². The minimum absolute atomic E-state index is 0.0836. The summed E-state index contributed by atoms with van der Waals surface area (Å²) < 4.78 is 2.17. The lowest BCUT2D eigenvalue weighted by atomic mass is 10.2. The number of aromatic nitrogens is 3. The lowest BCUT2D eigenvalue weighted by Crippen LogP contribution is -2.48. The third-order valence-electron chi connectivity index (χ3n) is 4.64. The fraction of sp³-hybridized carbons (Fsp3) is 0.300. The zero-order valence-electron chi connectivity index (χ0n) is 15.7. The third kappa shape index (κ3) is 4.35. The Bertz CT molecular complexity index is 1010. The Kier molecular flexibility index (Phi) is 5.59. The molecule has 3 aromatic rings. The maximum Gasteiger partial charge on any atom is 0.234 e. The Morgan fingerprint density at radius 2 is 2.07 bits per heavy atom. The van der Waals surface area contributed by atoms with Crippen LogP contribution in [0.25, 0.3) is 11.4 Å². The van der Waals surface area contributed by atoms with E-state index in [1.165, 1.54) is 5.56 Å². The van der Waals surface area contributed by atoms with Gasteiger partial charge in [0.15, 0.2) is 4.80 Å². The van der Waals surface area contributed by atoms with Gasteiger partial charge in [-0.1, -0.05) is 17.7 Å². The van der Waals surface area contributed by atoms with Crippen LogP contribution in [-0.2, 0) is 11.3 Å². The summed E-state index contributed by atoms with van der Waals surface area (Å²) >= 11 is 1.59. The maximum absolute atomic E-state index is 11.7. The first kappa shape index (κ1) is 18.5. The summed E-state index contributed by atoms with van der Waals surface area (Å²) in [6, 6.07) is 8.17. The highest BCUT2D eigenvalue weighted by Crippen LogP contribution is 2.18. The van der Waals surface area contributed by atoms with E-state index >= 15 is 0 Å².